The van der Waals surface area contributed by atoms with Crippen LogP contribution < -0.4 is 4.90 Å². The minimum Gasteiger partial charge on any atom is -0.389 e. The lowest BCUT2D eigenvalue weighted by atomic mass is 10.1. The van der Waals surface area contributed by atoms with Gasteiger partial charge in [0.05, 0.1) is 18.3 Å². The Hall–Kier alpha value is -0.980. The van der Waals surface area contributed by atoms with E-state index in [1.165, 1.54) is 0 Å². The highest BCUT2D eigenvalue weighted by atomic mass is 79.9. The molecule has 0 saturated heterocycles. The zero-order chi connectivity index (χ0) is 11.4. The van der Waals surface area contributed by atoms with E-state index in [0.29, 0.717) is 6.54 Å². The summed E-state index contributed by atoms with van der Waals surface area (Å²) in [5.41, 5.74) is 1.91. The Balaban J connectivity index is 2.98. The fourth-order valence-corrected chi connectivity index (χ4v) is 2.01. The van der Waals surface area contributed by atoms with Crippen LogP contribution in [0.25, 0.3) is 0 Å². The average molecular weight is 268 g/mol. The molecule has 15 heavy (non-hydrogen) atoms. The lowest BCUT2D eigenvalue weighted by molar-refractivity contribution is 0.199. The molecule has 0 aliphatic heterocycles. The van der Waals surface area contributed by atoms with Gasteiger partial charge in [-0.2, -0.15) is 0 Å². The molecule has 0 spiro atoms. The number of terminal acetylenes is 1. The molecule has 1 rings (SSSR count). The lowest BCUT2D eigenvalue weighted by Crippen LogP contribution is -2.17. The largest absolute Gasteiger partial charge is 0.389 e. The maximum atomic E-state index is 9.41. The third-order valence-corrected chi connectivity index (χ3v) is 2.83. The number of rotatable bonds is 3. The molecule has 0 fully saturated rings. The van der Waals surface area contributed by atoms with Crippen LogP contribution in [0, 0.1) is 12.3 Å². The molecule has 0 heterocycles. The minimum atomic E-state index is -0.451. The van der Waals surface area contributed by atoms with Crippen molar-refractivity contribution in [3.63, 3.8) is 0 Å². The van der Waals surface area contributed by atoms with Crippen molar-refractivity contribution >= 4 is 21.6 Å². The van der Waals surface area contributed by atoms with Crippen molar-refractivity contribution in [2.75, 3.05) is 18.5 Å². The number of halogens is 1. The molecule has 2 nitrogen and oxygen atoms in total. The van der Waals surface area contributed by atoms with E-state index in [4.69, 9.17) is 6.42 Å². The monoisotopic (exact) mass is 267 g/mol. The van der Waals surface area contributed by atoms with Crippen molar-refractivity contribution in [1.82, 2.24) is 0 Å². The van der Waals surface area contributed by atoms with Crippen LogP contribution >= 0.6 is 15.9 Å². The molecule has 0 bridgehead atoms. The van der Waals surface area contributed by atoms with Crippen LogP contribution in [-0.4, -0.2) is 18.7 Å². The molecule has 1 aromatic carbocycles. The fourth-order valence-electron chi connectivity index (χ4n) is 1.31. The molecular weight excluding hydrogens is 254 g/mol. The molecule has 0 aliphatic rings. The van der Waals surface area contributed by atoms with E-state index >= 15 is 0 Å². The van der Waals surface area contributed by atoms with E-state index in [1.54, 1.807) is 6.92 Å². The summed E-state index contributed by atoms with van der Waals surface area (Å²) >= 11 is 3.46. The molecule has 80 valence electrons. The smallest absolute Gasteiger partial charge is 0.0788 e. The zero-order valence-electron chi connectivity index (χ0n) is 8.87. The van der Waals surface area contributed by atoms with E-state index in [9.17, 15) is 5.11 Å². The van der Waals surface area contributed by atoms with Crippen LogP contribution in [0.4, 0.5) is 5.69 Å². The summed E-state index contributed by atoms with van der Waals surface area (Å²) in [6.45, 7) is 2.30. The van der Waals surface area contributed by atoms with Crippen molar-refractivity contribution in [2.45, 2.75) is 13.0 Å². The van der Waals surface area contributed by atoms with Gasteiger partial charge in [-0.1, -0.05) is 12.0 Å². The minimum absolute atomic E-state index is 0.451. The Morgan fingerprint density at radius 1 is 1.60 bits per heavy atom. The van der Waals surface area contributed by atoms with Gasteiger partial charge in [0.1, 0.15) is 0 Å². The van der Waals surface area contributed by atoms with Gasteiger partial charge in [0, 0.05) is 11.5 Å². The average Bonchev–Trinajstić information content (AvgIpc) is 2.17. The highest BCUT2D eigenvalue weighted by molar-refractivity contribution is 9.10. The van der Waals surface area contributed by atoms with Crippen molar-refractivity contribution in [2.24, 2.45) is 0 Å². The second-order valence-electron chi connectivity index (χ2n) is 3.45. The summed E-state index contributed by atoms with van der Waals surface area (Å²) in [7, 11) is 1.93. The number of benzene rings is 1. The van der Waals surface area contributed by atoms with Gasteiger partial charge in [0.25, 0.3) is 0 Å². The Morgan fingerprint density at radius 3 is 2.73 bits per heavy atom. The van der Waals surface area contributed by atoms with Gasteiger partial charge in [-0.3, -0.25) is 0 Å². The summed E-state index contributed by atoms with van der Waals surface area (Å²) < 4.78 is 0.943. The van der Waals surface area contributed by atoms with E-state index in [1.807, 2.05) is 30.1 Å². The van der Waals surface area contributed by atoms with E-state index in [0.717, 1.165) is 15.7 Å². The van der Waals surface area contributed by atoms with Gasteiger partial charge in [0.2, 0.25) is 0 Å². The summed E-state index contributed by atoms with van der Waals surface area (Å²) in [4.78, 5) is 1.97. The van der Waals surface area contributed by atoms with Crippen molar-refractivity contribution in [3.05, 3.63) is 28.2 Å². The predicted molar refractivity (Wildman–Crippen MR) is 66.9 cm³/mol. The van der Waals surface area contributed by atoms with Crippen LogP contribution in [0.5, 0.6) is 0 Å². The van der Waals surface area contributed by atoms with Crippen LogP contribution in [0.1, 0.15) is 18.6 Å². The van der Waals surface area contributed by atoms with Crippen LogP contribution in [0.15, 0.2) is 22.7 Å². The van der Waals surface area contributed by atoms with Gasteiger partial charge >= 0.3 is 0 Å². The number of aliphatic hydroxyl groups is 1. The van der Waals surface area contributed by atoms with Gasteiger partial charge in [-0.25, -0.2) is 0 Å². The Morgan fingerprint density at radius 2 is 2.27 bits per heavy atom. The SMILES string of the molecule is C#CCN(C)c1ccc([C@@H](C)O)cc1Br. The normalized spacial score (nSPS) is 11.9. The van der Waals surface area contributed by atoms with Crippen molar-refractivity contribution in [1.29, 1.82) is 0 Å². The molecule has 0 radical (unpaired) electrons. The first-order valence-electron chi connectivity index (χ1n) is 4.68. The summed E-state index contributed by atoms with van der Waals surface area (Å²) in [6.07, 6.45) is 4.80. The Bertz CT molecular complexity index is 382. The van der Waals surface area contributed by atoms with Crippen molar-refractivity contribution < 1.29 is 5.11 Å². The second kappa shape index (κ2) is 5.20. The number of nitrogens with zero attached hydrogens (tertiary/aromatic N) is 1. The second-order valence-corrected chi connectivity index (χ2v) is 4.30. The molecule has 0 unspecified atom stereocenters. The first kappa shape index (κ1) is 12.1. The Kier molecular flexibility index (Phi) is 4.19. The summed E-state index contributed by atoms with van der Waals surface area (Å²) in [6, 6.07) is 5.76. The standard InChI is InChI=1S/C12H14BrNO/c1-4-7-14(3)12-6-5-10(9(2)15)8-11(12)13/h1,5-6,8-9,15H,7H2,2-3H3/t9-/m1/s1. The van der Waals surface area contributed by atoms with Gasteiger partial charge in [0.15, 0.2) is 0 Å². The molecule has 3 heteroatoms. The molecule has 0 amide bonds. The molecule has 1 aromatic rings. The fraction of sp³-hybridized carbons (Fsp3) is 0.333. The molecule has 1 atom stereocenters. The first-order chi connectivity index (χ1) is 7.06. The Labute approximate surface area is 99.0 Å². The zero-order valence-corrected chi connectivity index (χ0v) is 10.5. The van der Waals surface area contributed by atoms with E-state index in [2.05, 4.69) is 21.9 Å². The molecule has 0 aliphatic carbocycles. The van der Waals surface area contributed by atoms with E-state index in [-0.39, 0.29) is 0 Å². The van der Waals surface area contributed by atoms with Gasteiger partial charge < -0.3 is 10.0 Å². The number of aliphatic hydroxyl groups excluding tert-OH is 1. The maximum absolute atomic E-state index is 9.41. The van der Waals surface area contributed by atoms with Crippen LogP contribution in [-0.2, 0) is 0 Å². The summed E-state index contributed by atoms with van der Waals surface area (Å²) in [5.74, 6) is 2.59. The third kappa shape index (κ3) is 2.98. The molecule has 1 N–H and O–H groups in total. The van der Waals surface area contributed by atoms with Gasteiger partial charge in [-0.05, 0) is 40.5 Å². The van der Waals surface area contributed by atoms with Crippen LogP contribution in [0.3, 0.4) is 0 Å². The summed E-state index contributed by atoms with van der Waals surface area (Å²) in [5, 5.41) is 9.41. The van der Waals surface area contributed by atoms with Gasteiger partial charge in [-0.15, -0.1) is 6.42 Å². The highest BCUT2D eigenvalue weighted by Crippen LogP contribution is 2.28. The first-order valence-corrected chi connectivity index (χ1v) is 5.47. The van der Waals surface area contributed by atoms with Crippen molar-refractivity contribution in [3.8, 4) is 12.3 Å². The molecule has 0 aromatic heterocycles. The van der Waals surface area contributed by atoms with E-state index < -0.39 is 6.10 Å². The number of hydrogen-bond acceptors (Lipinski definition) is 2. The lowest BCUT2D eigenvalue weighted by Gasteiger charge is -2.19. The predicted octanol–water partition coefficient (Wildman–Crippen LogP) is 2.57. The van der Waals surface area contributed by atoms with Crippen LogP contribution in [0.2, 0.25) is 0 Å². The number of anilines is 1. The molecular formula is C12H14BrNO. The topological polar surface area (TPSA) is 23.5 Å². The maximum Gasteiger partial charge on any atom is 0.0788 e. The third-order valence-electron chi connectivity index (χ3n) is 2.19. The highest BCUT2D eigenvalue weighted by Gasteiger charge is 2.07. The number of hydrogen-bond donors (Lipinski definition) is 1. The molecule has 0 saturated carbocycles. The quantitative estimate of drug-likeness (QED) is 0.852.